The van der Waals surface area contributed by atoms with Crippen molar-refractivity contribution < 1.29 is 9.84 Å². The summed E-state index contributed by atoms with van der Waals surface area (Å²) in [4.78, 5) is 0. The topological polar surface area (TPSA) is 41.5 Å². The number of aliphatic hydroxyl groups excluding tert-OH is 1. The zero-order chi connectivity index (χ0) is 12.1. The summed E-state index contributed by atoms with van der Waals surface area (Å²) in [6.07, 6.45) is 2.56. The summed E-state index contributed by atoms with van der Waals surface area (Å²) in [5.41, 5.74) is 0.730. The second kappa shape index (κ2) is 5.63. The molecule has 0 saturated carbocycles. The molecule has 17 heavy (non-hydrogen) atoms. The molecule has 2 rings (SSSR count). The van der Waals surface area contributed by atoms with Crippen molar-refractivity contribution in [3.05, 3.63) is 35.9 Å². The highest BCUT2D eigenvalue weighted by Gasteiger charge is 2.27. The molecule has 1 aliphatic heterocycles. The molecule has 2 N–H and O–H groups in total. The molecule has 1 fully saturated rings. The third kappa shape index (κ3) is 3.06. The van der Waals surface area contributed by atoms with Gasteiger partial charge in [0.25, 0.3) is 0 Å². The Kier molecular flexibility index (Phi) is 4.15. The molecule has 0 bridgehead atoms. The largest absolute Gasteiger partial charge is 0.394 e. The van der Waals surface area contributed by atoms with Crippen LogP contribution < -0.4 is 5.32 Å². The highest BCUT2D eigenvalue weighted by atomic mass is 16.5. The Morgan fingerprint density at radius 1 is 1.41 bits per heavy atom. The van der Waals surface area contributed by atoms with Crippen LogP contribution in [-0.2, 0) is 10.3 Å². The zero-order valence-electron chi connectivity index (χ0n) is 10.4. The molecular weight excluding hydrogens is 214 g/mol. The summed E-state index contributed by atoms with van der Waals surface area (Å²) in [5.74, 6) is 0. The van der Waals surface area contributed by atoms with E-state index in [0.717, 1.165) is 31.6 Å². The van der Waals surface area contributed by atoms with Crippen molar-refractivity contribution >= 4 is 0 Å². The van der Waals surface area contributed by atoms with Gasteiger partial charge in [0.15, 0.2) is 0 Å². The van der Waals surface area contributed by atoms with Gasteiger partial charge in [-0.25, -0.2) is 0 Å². The van der Waals surface area contributed by atoms with Gasteiger partial charge < -0.3 is 15.2 Å². The molecule has 0 aliphatic carbocycles. The van der Waals surface area contributed by atoms with Gasteiger partial charge in [-0.1, -0.05) is 30.3 Å². The molecule has 1 heterocycles. The van der Waals surface area contributed by atoms with Gasteiger partial charge >= 0.3 is 0 Å². The van der Waals surface area contributed by atoms with Gasteiger partial charge in [-0.2, -0.15) is 0 Å². The quantitative estimate of drug-likeness (QED) is 0.815. The molecule has 2 unspecified atom stereocenters. The van der Waals surface area contributed by atoms with Gasteiger partial charge in [0.05, 0.1) is 18.2 Å². The highest BCUT2D eigenvalue weighted by molar-refractivity contribution is 5.23. The van der Waals surface area contributed by atoms with Gasteiger partial charge in [0, 0.05) is 13.2 Å². The summed E-state index contributed by atoms with van der Waals surface area (Å²) in [6.45, 7) is 3.78. The van der Waals surface area contributed by atoms with Crippen LogP contribution in [0.15, 0.2) is 30.3 Å². The Morgan fingerprint density at radius 3 is 2.76 bits per heavy atom. The van der Waals surface area contributed by atoms with E-state index < -0.39 is 0 Å². The van der Waals surface area contributed by atoms with Crippen molar-refractivity contribution in [1.82, 2.24) is 5.32 Å². The number of hydrogen-bond donors (Lipinski definition) is 2. The Hall–Kier alpha value is -0.900. The van der Waals surface area contributed by atoms with Gasteiger partial charge in [-0.05, 0) is 25.3 Å². The van der Waals surface area contributed by atoms with Crippen molar-refractivity contribution in [3.8, 4) is 0 Å². The standard InChI is InChI=1S/C14H21NO2/c1-14(11-16,12-6-3-2-4-7-12)15-10-13-8-5-9-17-13/h2-4,6-7,13,15-16H,5,8-11H2,1H3. The van der Waals surface area contributed by atoms with Crippen LogP contribution in [0.2, 0.25) is 0 Å². The van der Waals surface area contributed by atoms with E-state index in [0.29, 0.717) is 6.10 Å². The lowest BCUT2D eigenvalue weighted by Crippen LogP contribution is -2.46. The molecule has 1 saturated heterocycles. The summed E-state index contributed by atoms with van der Waals surface area (Å²) in [5, 5.41) is 13.0. The normalized spacial score (nSPS) is 23.5. The number of ether oxygens (including phenoxy) is 1. The Morgan fingerprint density at radius 2 is 2.18 bits per heavy atom. The molecule has 3 nitrogen and oxygen atoms in total. The van der Waals surface area contributed by atoms with Crippen LogP contribution in [0.25, 0.3) is 0 Å². The maximum Gasteiger partial charge on any atom is 0.0700 e. The number of hydrogen-bond acceptors (Lipinski definition) is 3. The minimum Gasteiger partial charge on any atom is -0.394 e. The van der Waals surface area contributed by atoms with Gasteiger partial charge in [0.1, 0.15) is 0 Å². The van der Waals surface area contributed by atoms with Crippen LogP contribution in [0.5, 0.6) is 0 Å². The van der Waals surface area contributed by atoms with E-state index in [1.807, 2.05) is 37.3 Å². The van der Waals surface area contributed by atoms with E-state index >= 15 is 0 Å². The number of rotatable bonds is 5. The van der Waals surface area contributed by atoms with E-state index in [9.17, 15) is 5.11 Å². The predicted molar refractivity (Wildman–Crippen MR) is 67.9 cm³/mol. The predicted octanol–water partition coefficient (Wildman–Crippen LogP) is 1.66. The van der Waals surface area contributed by atoms with Crippen molar-refractivity contribution in [2.45, 2.75) is 31.4 Å². The Bertz CT molecular complexity index is 335. The molecule has 2 atom stereocenters. The van der Waals surface area contributed by atoms with E-state index in [4.69, 9.17) is 4.74 Å². The van der Waals surface area contributed by atoms with Crippen molar-refractivity contribution in [1.29, 1.82) is 0 Å². The molecule has 3 heteroatoms. The summed E-state index contributed by atoms with van der Waals surface area (Å²) in [7, 11) is 0. The summed E-state index contributed by atoms with van der Waals surface area (Å²) >= 11 is 0. The number of nitrogens with one attached hydrogen (secondary N) is 1. The minimum atomic E-state index is -0.382. The fourth-order valence-electron chi connectivity index (χ4n) is 2.20. The van der Waals surface area contributed by atoms with Crippen molar-refractivity contribution in [3.63, 3.8) is 0 Å². The molecular formula is C14H21NO2. The first kappa shape index (κ1) is 12.6. The second-order valence-electron chi connectivity index (χ2n) is 4.87. The van der Waals surface area contributed by atoms with E-state index in [1.54, 1.807) is 0 Å². The monoisotopic (exact) mass is 235 g/mol. The van der Waals surface area contributed by atoms with E-state index in [-0.39, 0.29) is 12.1 Å². The van der Waals surface area contributed by atoms with Crippen LogP contribution in [0.3, 0.4) is 0 Å². The third-order valence-corrected chi connectivity index (χ3v) is 3.47. The summed E-state index contributed by atoms with van der Waals surface area (Å²) in [6, 6.07) is 10.1. The summed E-state index contributed by atoms with van der Waals surface area (Å²) < 4.78 is 5.58. The first-order chi connectivity index (χ1) is 8.24. The first-order valence-electron chi connectivity index (χ1n) is 6.27. The smallest absolute Gasteiger partial charge is 0.0700 e. The molecule has 0 spiro atoms. The van der Waals surface area contributed by atoms with Crippen LogP contribution >= 0.6 is 0 Å². The van der Waals surface area contributed by atoms with Crippen LogP contribution in [0.4, 0.5) is 0 Å². The van der Waals surface area contributed by atoms with E-state index in [2.05, 4.69) is 5.32 Å². The number of aliphatic hydroxyl groups is 1. The average molecular weight is 235 g/mol. The maximum atomic E-state index is 9.61. The zero-order valence-corrected chi connectivity index (χ0v) is 10.4. The van der Waals surface area contributed by atoms with Gasteiger partial charge in [0.2, 0.25) is 0 Å². The van der Waals surface area contributed by atoms with Crippen molar-refractivity contribution in [2.24, 2.45) is 0 Å². The lowest BCUT2D eigenvalue weighted by Gasteiger charge is -2.30. The fourth-order valence-corrected chi connectivity index (χ4v) is 2.20. The maximum absolute atomic E-state index is 9.61. The fraction of sp³-hybridized carbons (Fsp3) is 0.571. The Balaban J connectivity index is 1.98. The van der Waals surface area contributed by atoms with Gasteiger partial charge in [-0.3, -0.25) is 0 Å². The van der Waals surface area contributed by atoms with E-state index in [1.165, 1.54) is 0 Å². The molecule has 1 aliphatic rings. The highest BCUT2D eigenvalue weighted by Crippen LogP contribution is 2.21. The molecule has 1 aromatic rings. The SMILES string of the molecule is CC(CO)(NCC1CCCO1)c1ccccc1. The minimum absolute atomic E-state index is 0.0870. The molecule has 0 aromatic heterocycles. The Labute approximate surface area is 103 Å². The third-order valence-electron chi connectivity index (χ3n) is 3.47. The van der Waals surface area contributed by atoms with Crippen LogP contribution in [-0.4, -0.2) is 31.0 Å². The lowest BCUT2D eigenvalue weighted by atomic mass is 9.92. The second-order valence-corrected chi connectivity index (χ2v) is 4.87. The van der Waals surface area contributed by atoms with Crippen LogP contribution in [0, 0.1) is 0 Å². The molecule has 0 radical (unpaired) electrons. The molecule has 94 valence electrons. The van der Waals surface area contributed by atoms with Gasteiger partial charge in [-0.15, -0.1) is 0 Å². The molecule has 1 aromatic carbocycles. The average Bonchev–Trinajstić information content (AvgIpc) is 2.90. The first-order valence-corrected chi connectivity index (χ1v) is 6.27. The number of benzene rings is 1. The lowest BCUT2D eigenvalue weighted by molar-refractivity contribution is 0.0910. The molecule has 0 amide bonds. The van der Waals surface area contributed by atoms with Crippen molar-refractivity contribution in [2.75, 3.05) is 19.8 Å². The van der Waals surface area contributed by atoms with Crippen LogP contribution in [0.1, 0.15) is 25.3 Å².